The van der Waals surface area contributed by atoms with E-state index < -0.39 is 46.8 Å². The number of piperidine rings is 1. The molecule has 2 aliphatic heterocycles. The molecule has 1 amide bonds. The maximum absolute atomic E-state index is 13.7. The summed E-state index contributed by atoms with van der Waals surface area (Å²) in [7, 11) is 1.24. The number of esters is 2. The Morgan fingerprint density at radius 1 is 0.872 bits per heavy atom. The molecule has 2 aliphatic rings. The molecule has 0 radical (unpaired) electrons. The second-order valence-corrected chi connectivity index (χ2v) is 12.2. The number of hydrogen-bond acceptors (Lipinski definition) is 7. The van der Waals surface area contributed by atoms with Crippen LogP contribution in [0.2, 0.25) is 0 Å². The van der Waals surface area contributed by atoms with E-state index in [1.165, 1.54) is 18.1 Å². The highest BCUT2D eigenvalue weighted by Crippen LogP contribution is 2.42. The topological polar surface area (TPSA) is 85.4 Å². The second-order valence-electron chi connectivity index (χ2n) is 12.2. The molecule has 0 spiro atoms. The van der Waals surface area contributed by atoms with Gasteiger partial charge >= 0.3 is 24.2 Å². The summed E-state index contributed by atoms with van der Waals surface area (Å²) in [6.45, 7) is 11.3. The normalized spacial score (nSPS) is 21.1. The maximum atomic E-state index is 13.7. The van der Waals surface area contributed by atoms with Crippen LogP contribution < -0.4 is 4.90 Å². The minimum absolute atomic E-state index is 0.0213. The molecule has 2 heterocycles. The lowest BCUT2D eigenvalue weighted by molar-refractivity contribution is -0.160. The molecule has 3 rings (SSSR count). The van der Waals surface area contributed by atoms with Crippen molar-refractivity contribution < 1.29 is 41.8 Å². The highest BCUT2D eigenvalue weighted by atomic mass is 19.4. The van der Waals surface area contributed by atoms with Gasteiger partial charge in [0.15, 0.2) is 0 Å². The summed E-state index contributed by atoms with van der Waals surface area (Å²) in [5.41, 5.74) is -1.36. The Morgan fingerprint density at radius 2 is 1.46 bits per heavy atom. The van der Waals surface area contributed by atoms with Gasteiger partial charge in [0.2, 0.25) is 0 Å². The molecular weight excluding hydrogens is 517 g/mol. The van der Waals surface area contributed by atoms with Gasteiger partial charge in [-0.3, -0.25) is 9.59 Å². The number of nitrogens with zero attached hydrogens (tertiary/aromatic N) is 2. The first-order valence-corrected chi connectivity index (χ1v) is 13.1. The molecule has 8 nitrogen and oxygen atoms in total. The molecule has 2 fully saturated rings. The van der Waals surface area contributed by atoms with Gasteiger partial charge in [0, 0.05) is 37.8 Å². The van der Waals surface area contributed by atoms with Crippen molar-refractivity contribution in [3.63, 3.8) is 0 Å². The zero-order chi connectivity index (χ0) is 29.3. The molecule has 2 saturated heterocycles. The Labute approximate surface area is 227 Å². The minimum atomic E-state index is -4.57. The zero-order valence-corrected chi connectivity index (χ0v) is 23.7. The van der Waals surface area contributed by atoms with Crippen LogP contribution in [-0.2, 0) is 30.0 Å². The Bertz CT molecular complexity index is 1070. The number of anilines is 1. The average Bonchev–Trinajstić information content (AvgIpc) is 3.26. The van der Waals surface area contributed by atoms with Crippen LogP contribution in [-0.4, -0.2) is 67.4 Å². The van der Waals surface area contributed by atoms with Gasteiger partial charge in [-0.25, -0.2) is 4.79 Å². The zero-order valence-electron chi connectivity index (χ0n) is 23.7. The number of likely N-dealkylation sites (tertiary alicyclic amines) is 1. The van der Waals surface area contributed by atoms with Crippen molar-refractivity contribution in [1.82, 2.24) is 4.90 Å². The number of carbonyl (C=O) groups is 3. The van der Waals surface area contributed by atoms with Crippen molar-refractivity contribution in [2.24, 2.45) is 11.8 Å². The third kappa shape index (κ3) is 7.79. The van der Waals surface area contributed by atoms with Gasteiger partial charge in [-0.15, -0.1) is 0 Å². The van der Waals surface area contributed by atoms with Gasteiger partial charge in [-0.05, 0) is 72.1 Å². The van der Waals surface area contributed by atoms with E-state index in [0.29, 0.717) is 37.2 Å². The van der Waals surface area contributed by atoms with Crippen LogP contribution in [0.3, 0.4) is 0 Å². The van der Waals surface area contributed by atoms with Gasteiger partial charge in [0.25, 0.3) is 0 Å². The van der Waals surface area contributed by atoms with Crippen LogP contribution in [0.4, 0.5) is 23.7 Å². The largest absolute Gasteiger partial charge is 0.469 e. The molecule has 1 aromatic carbocycles. The van der Waals surface area contributed by atoms with Crippen molar-refractivity contribution in [1.29, 1.82) is 0 Å². The molecule has 1 aromatic rings. The number of hydrogen-bond donors (Lipinski definition) is 0. The molecule has 0 aliphatic carbocycles. The number of carbonyl (C=O) groups excluding carboxylic acids is 3. The summed E-state index contributed by atoms with van der Waals surface area (Å²) in [5, 5.41) is 0. The number of ether oxygens (including phenoxy) is 3. The van der Waals surface area contributed by atoms with E-state index in [2.05, 4.69) is 0 Å². The molecular formula is C28H39F3N2O6. The predicted molar refractivity (Wildman–Crippen MR) is 138 cm³/mol. The maximum Gasteiger partial charge on any atom is 0.416 e. The third-order valence-electron chi connectivity index (χ3n) is 6.81. The molecule has 0 aromatic heterocycles. The molecule has 2 unspecified atom stereocenters. The van der Waals surface area contributed by atoms with Crippen LogP contribution in [0.5, 0.6) is 0 Å². The number of halogens is 3. The lowest BCUT2D eigenvalue weighted by Gasteiger charge is -2.36. The molecule has 2 atom stereocenters. The summed E-state index contributed by atoms with van der Waals surface area (Å²) in [5.74, 6) is -2.61. The van der Waals surface area contributed by atoms with E-state index in [0.717, 1.165) is 12.1 Å². The first kappa shape index (κ1) is 30.6. The standard InChI is InChI=1S/C28H39F3N2O6/c1-26(2,3)38-23(34)17-10-12-32(13-11-17)22-14-18(28(29,30)31)8-9-19(22)20-15-33(16-21(20)24(35)37-7)25(36)39-27(4,5)6/h8-9,14,17,20-21H,10-13,15-16H2,1-7H3. The first-order valence-electron chi connectivity index (χ1n) is 13.1. The third-order valence-corrected chi connectivity index (χ3v) is 6.81. The first-order chi connectivity index (χ1) is 17.9. The Hall–Kier alpha value is -2.98. The summed E-state index contributed by atoms with van der Waals surface area (Å²) >= 11 is 0. The highest BCUT2D eigenvalue weighted by molar-refractivity contribution is 5.78. The molecule has 218 valence electrons. The number of benzene rings is 1. The van der Waals surface area contributed by atoms with Crippen LogP contribution in [0.1, 0.15) is 71.4 Å². The predicted octanol–water partition coefficient (Wildman–Crippen LogP) is 5.39. The summed E-state index contributed by atoms with van der Waals surface area (Å²) in [6.07, 6.45) is -4.34. The van der Waals surface area contributed by atoms with Crippen LogP contribution >= 0.6 is 0 Å². The lowest BCUT2D eigenvalue weighted by Crippen LogP contribution is -2.39. The average molecular weight is 557 g/mol. The number of rotatable bonds is 4. The van der Waals surface area contributed by atoms with E-state index in [1.807, 2.05) is 4.90 Å². The monoisotopic (exact) mass is 556 g/mol. The van der Waals surface area contributed by atoms with Crippen molar-refractivity contribution in [2.75, 3.05) is 38.2 Å². The van der Waals surface area contributed by atoms with Crippen molar-refractivity contribution in [2.45, 2.75) is 77.7 Å². The van der Waals surface area contributed by atoms with Crippen molar-refractivity contribution in [3.05, 3.63) is 29.3 Å². The Kier molecular flexibility index (Phi) is 8.82. The molecule has 39 heavy (non-hydrogen) atoms. The molecule has 0 saturated carbocycles. The van der Waals surface area contributed by atoms with E-state index in [9.17, 15) is 27.6 Å². The molecule has 0 bridgehead atoms. The number of amides is 1. The van der Waals surface area contributed by atoms with Crippen molar-refractivity contribution >= 4 is 23.7 Å². The lowest BCUT2D eigenvalue weighted by atomic mass is 9.86. The van der Waals surface area contributed by atoms with Gasteiger partial charge in [-0.2, -0.15) is 13.2 Å². The summed E-state index contributed by atoms with van der Waals surface area (Å²) < 4.78 is 57.2. The van der Waals surface area contributed by atoms with E-state index >= 15 is 0 Å². The highest BCUT2D eigenvalue weighted by Gasteiger charge is 2.44. The molecule has 0 N–H and O–H groups in total. The van der Waals surface area contributed by atoms with Gasteiger partial charge < -0.3 is 24.0 Å². The van der Waals surface area contributed by atoms with Gasteiger partial charge in [0.05, 0.1) is 24.5 Å². The van der Waals surface area contributed by atoms with Crippen LogP contribution in [0.15, 0.2) is 18.2 Å². The fourth-order valence-corrected chi connectivity index (χ4v) is 5.03. The summed E-state index contributed by atoms with van der Waals surface area (Å²) in [6, 6.07) is 3.47. The van der Waals surface area contributed by atoms with Crippen LogP contribution in [0, 0.1) is 11.8 Å². The summed E-state index contributed by atoms with van der Waals surface area (Å²) in [4.78, 5) is 41.4. The Morgan fingerprint density at radius 3 is 1.97 bits per heavy atom. The van der Waals surface area contributed by atoms with Crippen molar-refractivity contribution in [3.8, 4) is 0 Å². The molecule has 11 heteroatoms. The number of alkyl halides is 3. The van der Waals surface area contributed by atoms with E-state index in [4.69, 9.17) is 14.2 Å². The second kappa shape index (κ2) is 11.3. The van der Waals surface area contributed by atoms with Gasteiger partial charge in [0.1, 0.15) is 11.2 Å². The number of methoxy groups -OCH3 is 1. The van der Waals surface area contributed by atoms with E-state index in [-0.39, 0.29) is 25.0 Å². The fourth-order valence-electron chi connectivity index (χ4n) is 5.03. The Balaban J connectivity index is 1.94. The SMILES string of the molecule is COC(=O)C1CN(C(=O)OC(C)(C)C)CC1c1ccc(C(F)(F)F)cc1N1CCC(C(=O)OC(C)(C)C)CC1. The minimum Gasteiger partial charge on any atom is -0.469 e. The van der Waals surface area contributed by atoms with Crippen LogP contribution in [0.25, 0.3) is 0 Å². The van der Waals surface area contributed by atoms with Gasteiger partial charge in [-0.1, -0.05) is 6.07 Å². The quantitative estimate of drug-likeness (QED) is 0.363. The smallest absolute Gasteiger partial charge is 0.416 e. The fraction of sp³-hybridized carbons (Fsp3) is 0.679. The van der Waals surface area contributed by atoms with E-state index in [1.54, 1.807) is 41.5 Å².